The summed E-state index contributed by atoms with van der Waals surface area (Å²) in [5, 5.41) is 2.58. The van der Waals surface area contributed by atoms with Crippen LogP contribution in [0, 0.1) is 5.82 Å². The summed E-state index contributed by atoms with van der Waals surface area (Å²) >= 11 is 7.09. The molecule has 1 aliphatic rings. The topological polar surface area (TPSA) is 42.4 Å². The molecule has 0 spiro atoms. The molecule has 7 heteroatoms. The van der Waals surface area contributed by atoms with E-state index in [1.54, 1.807) is 6.07 Å². The number of hydrogen-bond acceptors (Lipinski definition) is 5. The Kier molecular flexibility index (Phi) is 3.92. The highest BCUT2D eigenvalue weighted by molar-refractivity contribution is 7.14. The van der Waals surface area contributed by atoms with Crippen LogP contribution in [0.5, 0.6) is 0 Å². The first-order chi connectivity index (χ1) is 10.4. The molecular weight excluding hydrogens is 327 g/mol. The average Bonchev–Trinajstić information content (AvgIpc) is 3.05. The van der Waals surface area contributed by atoms with E-state index in [0.717, 1.165) is 6.29 Å². The molecule has 3 rings (SSSR count). The summed E-state index contributed by atoms with van der Waals surface area (Å²) in [5.41, 5.74) is 0.958. The SMILES string of the molecule is CC1(C)COC(C=O)N1c1nc(-c2ccc(Cl)c(F)c2)cs1. The van der Waals surface area contributed by atoms with E-state index in [1.807, 2.05) is 24.1 Å². The van der Waals surface area contributed by atoms with Crippen LogP contribution in [0.15, 0.2) is 23.6 Å². The van der Waals surface area contributed by atoms with Gasteiger partial charge in [-0.15, -0.1) is 11.3 Å². The van der Waals surface area contributed by atoms with E-state index < -0.39 is 12.0 Å². The summed E-state index contributed by atoms with van der Waals surface area (Å²) in [6.07, 6.45) is 0.119. The molecule has 1 saturated heterocycles. The summed E-state index contributed by atoms with van der Waals surface area (Å²) in [5.74, 6) is -0.482. The number of ether oxygens (including phenoxy) is 1. The lowest BCUT2D eigenvalue weighted by Gasteiger charge is -2.30. The Morgan fingerprint density at radius 1 is 1.55 bits per heavy atom. The molecule has 2 aromatic rings. The van der Waals surface area contributed by atoms with Gasteiger partial charge in [-0.3, -0.25) is 4.79 Å². The van der Waals surface area contributed by atoms with Gasteiger partial charge < -0.3 is 9.64 Å². The van der Waals surface area contributed by atoms with Gasteiger partial charge in [0.05, 0.1) is 22.9 Å². The predicted octanol–water partition coefficient (Wildman–Crippen LogP) is 3.74. The Labute approximate surface area is 136 Å². The number of rotatable bonds is 3. The number of halogens is 2. The maximum absolute atomic E-state index is 13.6. The summed E-state index contributed by atoms with van der Waals surface area (Å²) in [6, 6.07) is 4.57. The molecule has 0 amide bonds. The molecule has 0 bridgehead atoms. The highest BCUT2D eigenvalue weighted by Crippen LogP contribution is 2.36. The molecule has 1 aliphatic heterocycles. The molecular formula is C15H14ClFN2O2S. The van der Waals surface area contributed by atoms with Gasteiger partial charge in [0.25, 0.3) is 0 Å². The van der Waals surface area contributed by atoms with Crippen molar-refractivity contribution in [3.63, 3.8) is 0 Å². The Bertz CT molecular complexity index is 719. The number of thiazole rings is 1. The Morgan fingerprint density at radius 3 is 3.00 bits per heavy atom. The molecule has 2 heterocycles. The first-order valence-electron chi connectivity index (χ1n) is 6.69. The number of aromatic nitrogens is 1. The number of carbonyl (C=O) groups excluding carboxylic acids is 1. The van der Waals surface area contributed by atoms with Crippen LogP contribution in [0.2, 0.25) is 5.02 Å². The van der Waals surface area contributed by atoms with Crippen molar-refractivity contribution < 1.29 is 13.9 Å². The second-order valence-electron chi connectivity index (χ2n) is 5.66. The fraction of sp³-hybridized carbons (Fsp3) is 0.333. The Hall–Kier alpha value is -1.50. The summed E-state index contributed by atoms with van der Waals surface area (Å²) in [6.45, 7) is 4.42. The van der Waals surface area contributed by atoms with Crippen LogP contribution in [0.25, 0.3) is 11.3 Å². The molecule has 1 atom stereocenters. The van der Waals surface area contributed by atoms with Crippen molar-refractivity contribution in [2.45, 2.75) is 25.6 Å². The third-order valence-electron chi connectivity index (χ3n) is 3.54. The van der Waals surface area contributed by atoms with Crippen molar-refractivity contribution in [3.8, 4) is 11.3 Å². The smallest absolute Gasteiger partial charge is 0.189 e. The zero-order chi connectivity index (χ0) is 15.9. The number of hydrogen-bond donors (Lipinski definition) is 0. The number of carbonyl (C=O) groups is 1. The molecule has 1 aromatic heterocycles. The monoisotopic (exact) mass is 340 g/mol. The molecule has 1 unspecified atom stereocenters. The van der Waals surface area contributed by atoms with Gasteiger partial charge in [-0.25, -0.2) is 9.37 Å². The van der Waals surface area contributed by atoms with Crippen LogP contribution >= 0.6 is 22.9 Å². The van der Waals surface area contributed by atoms with Gasteiger partial charge in [0, 0.05) is 10.9 Å². The fourth-order valence-corrected chi connectivity index (χ4v) is 3.55. The Morgan fingerprint density at radius 2 is 2.32 bits per heavy atom. The zero-order valence-corrected chi connectivity index (χ0v) is 13.6. The maximum atomic E-state index is 13.6. The number of nitrogens with zero attached hydrogens (tertiary/aromatic N) is 2. The molecule has 4 nitrogen and oxygen atoms in total. The normalized spacial score (nSPS) is 20.4. The van der Waals surface area contributed by atoms with E-state index in [0.29, 0.717) is 23.0 Å². The van der Waals surface area contributed by atoms with Crippen LogP contribution in [0.3, 0.4) is 0 Å². The first-order valence-corrected chi connectivity index (χ1v) is 7.95. The molecule has 0 N–H and O–H groups in total. The summed E-state index contributed by atoms with van der Waals surface area (Å²) < 4.78 is 19.1. The van der Waals surface area contributed by atoms with Crippen LogP contribution < -0.4 is 4.90 Å². The minimum Gasteiger partial charge on any atom is -0.349 e. The minimum atomic E-state index is -0.643. The van der Waals surface area contributed by atoms with Crippen molar-refractivity contribution in [2.24, 2.45) is 0 Å². The minimum absolute atomic E-state index is 0.0781. The van der Waals surface area contributed by atoms with Crippen molar-refractivity contribution in [3.05, 3.63) is 34.4 Å². The summed E-state index contributed by atoms with van der Waals surface area (Å²) in [4.78, 5) is 17.6. The van der Waals surface area contributed by atoms with Crippen molar-refractivity contribution in [1.82, 2.24) is 4.98 Å². The van der Waals surface area contributed by atoms with Crippen LogP contribution in [-0.4, -0.2) is 29.6 Å². The lowest BCUT2D eigenvalue weighted by Crippen LogP contribution is -2.45. The molecule has 1 aromatic carbocycles. The highest BCUT2D eigenvalue weighted by atomic mass is 35.5. The van der Waals surface area contributed by atoms with E-state index in [9.17, 15) is 9.18 Å². The Balaban J connectivity index is 1.96. The van der Waals surface area contributed by atoms with Crippen LogP contribution in [-0.2, 0) is 9.53 Å². The number of aldehydes is 1. The van der Waals surface area contributed by atoms with Gasteiger partial charge in [0.2, 0.25) is 0 Å². The molecule has 0 saturated carbocycles. The number of benzene rings is 1. The van der Waals surface area contributed by atoms with Crippen molar-refractivity contribution in [1.29, 1.82) is 0 Å². The van der Waals surface area contributed by atoms with E-state index in [2.05, 4.69) is 4.98 Å². The van der Waals surface area contributed by atoms with Gasteiger partial charge in [-0.1, -0.05) is 17.7 Å². The van der Waals surface area contributed by atoms with Crippen molar-refractivity contribution >= 4 is 34.4 Å². The van der Waals surface area contributed by atoms with Gasteiger partial charge in [-0.05, 0) is 26.0 Å². The van der Waals surface area contributed by atoms with Gasteiger partial charge >= 0.3 is 0 Å². The molecule has 0 aliphatic carbocycles. The average molecular weight is 341 g/mol. The van der Waals surface area contributed by atoms with E-state index >= 15 is 0 Å². The molecule has 0 radical (unpaired) electrons. The largest absolute Gasteiger partial charge is 0.349 e. The maximum Gasteiger partial charge on any atom is 0.189 e. The van der Waals surface area contributed by atoms with E-state index in [4.69, 9.17) is 16.3 Å². The zero-order valence-electron chi connectivity index (χ0n) is 12.0. The third-order valence-corrected chi connectivity index (χ3v) is 4.69. The fourth-order valence-electron chi connectivity index (χ4n) is 2.41. The standard InChI is InChI=1S/C15H14ClFN2O2S/c1-15(2)8-21-13(6-20)19(15)14-18-12(7-22-14)9-3-4-10(16)11(17)5-9/h3-7,13H,8H2,1-2H3. The second kappa shape index (κ2) is 5.61. The van der Waals surface area contributed by atoms with Gasteiger partial charge in [0.15, 0.2) is 17.6 Å². The second-order valence-corrected chi connectivity index (χ2v) is 6.91. The van der Waals surface area contributed by atoms with E-state index in [-0.39, 0.29) is 10.6 Å². The highest BCUT2D eigenvalue weighted by Gasteiger charge is 2.42. The van der Waals surface area contributed by atoms with Crippen LogP contribution in [0.4, 0.5) is 9.52 Å². The quantitative estimate of drug-likeness (QED) is 0.798. The first kappa shape index (κ1) is 15.4. The lowest BCUT2D eigenvalue weighted by molar-refractivity contribution is -0.115. The number of anilines is 1. The van der Waals surface area contributed by atoms with Gasteiger partial charge in [0.1, 0.15) is 5.82 Å². The molecule has 116 valence electrons. The van der Waals surface area contributed by atoms with Crippen molar-refractivity contribution in [2.75, 3.05) is 11.5 Å². The summed E-state index contributed by atoms with van der Waals surface area (Å²) in [7, 11) is 0. The van der Waals surface area contributed by atoms with Gasteiger partial charge in [-0.2, -0.15) is 0 Å². The van der Waals surface area contributed by atoms with Crippen LogP contribution in [0.1, 0.15) is 13.8 Å². The lowest BCUT2D eigenvalue weighted by atomic mass is 10.1. The predicted molar refractivity (Wildman–Crippen MR) is 84.9 cm³/mol. The molecule has 22 heavy (non-hydrogen) atoms. The van der Waals surface area contributed by atoms with E-state index in [1.165, 1.54) is 23.5 Å². The third kappa shape index (κ3) is 2.62. The molecule has 1 fully saturated rings.